The molecule has 0 unspecified atom stereocenters. The molecule has 0 saturated heterocycles. The van der Waals surface area contributed by atoms with Crippen LogP contribution in [-0.2, 0) is 9.59 Å². The minimum absolute atomic E-state index is 0.0159. The number of aliphatic hydroxyl groups is 1. The minimum Gasteiger partial charge on any atom is -0.383 e. The lowest BCUT2D eigenvalue weighted by Crippen LogP contribution is -2.59. The van der Waals surface area contributed by atoms with Crippen molar-refractivity contribution in [3.63, 3.8) is 0 Å². The summed E-state index contributed by atoms with van der Waals surface area (Å²) in [6, 6.07) is 0. The summed E-state index contributed by atoms with van der Waals surface area (Å²) in [6.45, 7) is 1.07. The van der Waals surface area contributed by atoms with Gasteiger partial charge < -0.3 is 15.3 Å². The third-order valence-electron chi connectivity index (χ3n) is 3.82. The monoisotopic (exact) mass is 292 g/mol. The van der Waals surface area contributed by atoms with E-state index in [1.165, 1.54) is 14.0 Å². The lowest BCUT2D eigenvalue weighted by Gasteiger charge is -2.39. The van der Waals surface area contributed by atoms with Crippen LogP contribution in [0.3, 0.4) is 0 Å². The van der Waals surface area contributed by atoms with Gasteiger partial charge in [0.2, 0.25) is 5.91 Å². The van der Waals surface area contributed by atoms with E-state index >= 15 is 0 Å². The van der Waals surface area contributed by atoms with Crippen LogP contribution in [0.5, 0.6) is 0 Å². The van der Waals surface area contributed by atoms with E-state index < -0.39 is 29.9 Å². The van der Waals surface area contributed by atoms with Crippen molar-refractivity contribution in [1.82, 2.24) is 10.2 Å². The Hall–Kier alpha value is -1.24. The maximum atomic E-state index is 14.3. The Bertz CT molecular complexity index is 369. The van der Waals surface area contributed by atoms with Crippen LogP contribution in [0.4, 0.5) is 8.78 Å². The molecular formula is C13H22F2N2O3. The van der Waals surface area contributed by atoms with Crippen LogP contribution in [0.2, 0.25) is 0 Å². The fraction of sp³-hybridized carbons (Fsp3) is 0.846. The third kappa shape index (κ3) is 3.26. The Balaban J connectivity index is 2.88. The van der Waals surface area contributed by atoms with Crippen molar-refractivity contribution < 1.29 is 23.5 Å². The molecule has 0 spiro atoms. The summed E-state index contributed by atoms with van der Waals surface area (Å²) in [5, 5.41) is 12.4. The molecule has 116 valence electrons. The summed E-state index contributed by atoms with van der Waals surface area (Å²) in [7, 11) is 1.37. The van der Waals surface area contributed by atoms with Crippen molar-refractivity contribution in [2.45, 2.75) is 50.6 Å². The van der Waals surface area contributed by atoms with E-state index in [1.807, 2.05) is 0 Å². The predicted octanol–water partition coefficient (Wildman–Crippen LogP) is 0.911. The Morgan fingerprint density at radius 1 is 1.30 bits per heavy atom. The Morgan fingerprint density at radius 2 is 1.85 bits per heavy atom. The van der Waals surface area contributed by atoms with E-state index in [0.29, 0.717) is 12.8 Å². The van der Waals surface area contributed by atoms with Crippen LogP contribution in [0.1, 0.15) is 39.0 Å². The quantitative estimate of drug-likeness (QED) is 0.791. The zero-order valence-corrected chi connectivity index (χ0v) is 11.9. The van der Waals surface area contributed by atoms with Gasteiger partial charge in [-0.1, -0.05) is 19.3 Å². The molecule has 0 bridgehead atoms. The summed E-state index contributed by atoms with van der Waals surface area (Å²) in [5.41, 5.74) is -2.29. The summed E-state index contributed by atoms with van der Waals surface area (Å²) in [5.74, 6) is -5.86. The molecule has 2 amide bonds. The van der Waals surface area contributed by atoms with E-state index in [4.69, 9.17) is 0 Å². The lowest BCUT2D eigenvalue weighted by molar-refractivity contribution is -0.209. The van der Waals surface area contributed by atoms with Crippen LogP contribution in [0, 0.1) is 0 Å². The predicted molar refractivity (Wildman–Crippen MR) is 69.3 cm³/mol. The van der Waals surface area contributed by atoms with Crippen LogP contribution in [0.15, 0.2) is 0 Å². The standard InChI is InChI=1S/C13H22F2N2O3/c1-3-17(9-10(18)16-2)11(19)13(14,15)12(20)7-5-4-6-8-12/h20H,3-9H2,1-2H3,(H,16,18). The molecule has 0 atom stereocenters. The first-order valence-corrected chi connectivity index (χ1v) is 6.88. The van der Waals surface area contributed by atoms with Crippen LogP contribution >= 0.6 is 0 Å². The highest BCUT2D eigenvalue weighted by atomic mass is 19.3. The second-order valence-electron chi connectivity index (χ2n) is 5.16. The number of carbonyl (C=O) groups is 2. The molecule has 20 heavy (non-hydrogen) atoms. The summed E-state index contributed by atoms with van der Waals surface area (Å²) in [6.07, 6.45) is 1.54. The van der Waals surface area contributed by atoms with Crippen LogP contribution < -0.4 is 5.32 Å². The number of nitrogens with zero attached hydrogens (tertiary/aromatic N) is 1. The van der Waals surface area contributed by atoms with Crippen LogP contribution in [0.25, 0.3) is 0 Å². The van der Waals surface area contributed by atoms with Crippen molar-refractivity contribution in [2.24, 2.45) is 0 Å². The third-order valence-corrected chi connectivity index (χ3v) is 3.82. The number of hydrogen-bond donors (Lipinski definition) is 2. The zero-order chi connectivity index (χ0) is 15.4. The second-order valence-corrected chi connectivity index (χ2v) is 5.16. The maximum Gasteiger partial charge on any atom is 0.352 e. The highest BCUT2D eigenvalue weighted by Crippen LogP contribution is 2.41. The zero-order valence-electron chi connectivity index (χ0n) is 11.9. The Labute approximate surface area is 117 Å². The SMILES string of the molecule is CCN(CC(=O)NC)C(=O)C(F)(F)C1(O)CCCCC1. The largest absolute Gasteiger partial charge is 0.383 e. The van der Waals surface area contributed by atoms with Gasteiger partial charge in [0.05, 0.1) is 6.54 Å². The van der Waals surface area contributed by atoms with Gasteiger partial charge in [-0.2, -0.15) is 8.78 Å². The highest BCUT2D eigenvalue weighted by molar-refractivity contribution is 5.89. The van der Waals surface area contributed by atoms with E-state index in [-0.39, 0.29) is 19.4 Å². The van der Waals surface area contributed by atoms with Gasteiger partial charge in [0.1, 0.15) is 5.60 Å². The minimum atomic E-state index is -3.86. The van der Waals surface area contributed by atoms with Gasteiger partial charge in [-0.3, -0.25) is 9.59 Å². The molecule has 1 aliphatic rings. The molecule has 1 aliphatic carbocycles. The van der Waals surface area contributed by atoms with E-state index in [0.717, 1.165) is 11.3 Å². The van der Waals surface area contributed by atoms with Crippen molar-refractivity contribution in [3.8, 4) is 0 Å². The number of carbonyl (C=O) groups excluding carboxylic acids is 2. The molecule has 7 heteroatoms. The summed E-state index contributed by atoms with van der Waals surface area (Å²) >= 11 is 0. The molecule has 0 radical (unpaired) electrons. The van der Waals surface area contributed by atoms with Gasteiger partial charge in [-0.15, -0.1) is 0 Å². The lowest BCUT2D eigenvalue weighted by atomic mass is 9.79. The number of halogens is 2. The molecule has 1 saturated carbocycles. The van der Waals surface area contributed by atoms with Gasteiger partial charge in [-0.25, -0.2) is 0 Å². The Kier molecular flexibility index (Phi) is 5.44. The second kappa shape index (κ2) is 6.47. The molecule has 1 fully saturated rings. The molecule has 0 aromatic carbocycles. The van der Waals surface area contributed by atoms with Gasteiger partial charge in [0.25, 0.3) is 5.91 Å². The molecule has 0 aromatic rings. The van der Waals surface area contributed by atoms with E-state index in [1.54, 1.807) is 0 Å². The van der Waals surface area contributed by atoms with Gasteiger partial charge >= 0.3 is 5.92 Å². The Morgan fingerprint density at radius 3 is 2.30 bits per heavy atom. The normalized spacial score (nSPS) is 18.4. The fourth-order valence-electron chi connectivity index (χ4n) is 2.43. The number of likely N-dealkylation sites (N-methyl/N-ethyl adjacent to an activating group) is 2. The number of rotatable bonds is 5. The van der Waals surface area contributed by atoms with E-state index in [2.05, 4.69) is 5.32 Å². The number of nitrogens with one attached hydrogen (secondary N) is 1. The van der Waals surface area contributed by atoms with Crippen molar-refractivity contribution >= 4 is 11.8 Å². The molecular weight excluding hydrogens is 270 g/mol. The van der Waals surface area contributed by atoms with Crippen LogP contribution in [-0.4, -0.2) is 53.5 Å². The van der Waals surface area contributed by atoms with Crippen molar-refractivity contribution in [3.05, 3.63) is 0 Å². The molecule has 1 rings (SSSR count). The number of hydrogen-bond acceptors (Lipinski definition) is 3. The van der Waals surface area contributed by atoms with Gasteiger partial charge in [-0.05, 0) is 19.8 Å². The molecule has 5 nitrogen and oxygen atoms in total. The summed E-state index contributed by atoms with van der Waals surface area (Å²) in [4.78, 5) is 24.0. The average Bonchev–Trinajstić information content (AvgIpc) is 2.44. The first-order valence-electron chi connectivity index (χ1n) is 6.88. The van der Waals surface area contributed by atoms with E-state index in [9.17, 15) is 23.5 Å². The number of amides is 2. The number of alkyl halides is 2. The molecule has 2 N–H and O–H groups in total. The summed E-state index contributed by atoms with van der Waals surface area (Å²) < 4.78 is 28.6. The van der Waals surface area contributed by atoms with Crippen molar-refractivity contribution in [2.75, 3.05) is 20.1 Å². The van der Waals surface area contributed by atoms with Crippen molar-refractivity contribution in [1.29, 1.82) is 0 Å². The first-order chi connectivity index (χ1) is 9.28. The highest BCUT2D eigenvalue weighted by Gasteiger charge is 2.59. The fourth-order valence-corrected chi connectivity index (χ4v) is 2.43. The topological polar surface area (TPSA) is 69.6 Å². The molecule has 0 heterocycles. The smallest absolute Gasteiger partial charge is 0.352 e. The molecule has 0 aliphatic heterocycles. The van der Waals surface area contributed by atoms with Gasteiger partial charge in [0.15, 0.2) is 0 Å². The maximum absolute atomic E-state index is 14.3. The first kappa shape index (κ1) is 16.8. The molecule has 0 aromatic heterocycles. The van der Waals surface area contributed by atoms with Gasteiger partial charge in [0, 0.05) is 13.6 Å². The average molecular weight is 292 g/mol.